The fourth-order valence-corrected chi connectivity index (χ4v) is 5.24. The van der Waals surface area contributed by atoms with Gasteiger partial charge in [-0.15, -0.1) is 0 Å². The van der Waals surface area contributed by atoms with Gasteiger partial charge in [-0.1, -0.05) is 43.0 Å². The molecular formula is C25H24BrN3O5S. The van der Waals surface area contributed by atoms with E-state index in [4.69, 9.17) is 9.47 Å². The number of halogens is 1. The second-order valence-electron chi connectivity index (χ2n) is 7.56. The number of nitrogens with one attached hydrogen (secondary N) is 2. The molecule has 2 atom stereocenters. The number of aryl methyl sites for hydroxylation is 1. The maximum atomic E-state index is 13.0. The van der Waals surface area contributed by atoms with Gasteiger partial charge in [-0.25, -0.2) is 0 Å². The molecule has 0 radical (unpaired) electrons. The molecule has 3 rings (SSSR count). The zero-order chi connectivity index (χ0) is 25.5. The number of hydrogen-bond acceptors (Lipinski definition) is 7. The second-order valence-corrected chi connectivity index (χ2v) is 9.40. The van der Waals surface area contributed by atoms with Crippen LogP contribution in [0.4, 0.5) is 5.69 Å². The number of anilines is 1. The fraction of sp³-hybridized carbons (Fsp3) is 0.280. The lowest BCUT2D eigenvalue weighted by Gasteiger charge is -2.31. The largest absolute Gasteiger partial charge is 0.496 e. The van der Waals surface area contributed by atoms with Gasteiger partial charge >= 0.3 is 5.97 Å². The Bertz CT molecular complexity index is 1220. The molecule has 35 heavy (non-hydrogen) atoms. The molecule has 0 fully saturated rings. The number of para-hydroxylation sites is 1. The summed E-state index contributed by atoms with van der Waals surface area (Å²) < 4.78 is 10.7. The number of rotatable bonds is 8. The summed E-state index contributed by atoms with van der Waals surface area (Å²) in [4.78, 5) is 38.2. The van der Waals surface area contributed by atoms with Gasteiger partial charge in [0.15, 0.2) is 0 Å². The van der Waals surface area contributed by atoms with Gasteiger partial charge in [0, 0.05) is 11.6 Å². The number of methoxy groups -OCH3 is 2. The number of carbonyl (C=O) groups excluding carboxylic acids is 3. The van der Waals surface area contributed by atoms with Gasteiger partial charge < -0.3 is 20.1 Å². The first-order chi connectivity index (χ1) is 16.8. The number of esters is 1. The molecule has 0 aliphatic carbocycles. The molecule has 10 heteroatoms. The van der Waals surface area contributed by atoms with Gasteiger partial charge in [-0.3, -0.25) is 14.4 Å². The standard InChI is InChI=1S/C25H24BrN3O5S/c1-4-14-7-5-6-8-18(14)28-20(30)13-35-24-16(12-27)21(22(23(31)29-24)25(32)34-3)15-9-10-19(33-2)17(26)11-15/h5-11,21-22H,4,13H2,1-3H3,(H,28,30)(H,29,31)/t21-,22+/m0/s1. The molecule has 0 spiro atoms. The highest BCUT2D eigenvalue weighted by Crippen LogP contribution is 2.42. The number of thioether (sulfide) groups is 1. The Kier molecular flexibility index (Phi) is 8.95. The molecule has 0 unspecified atom stereocenters. The van der Waals surface area contributed by atoms with Crippen molar-refractivity contribution in [2.45, 2.75) is 19.3 Å². The van der Waals surface area contributed by atoms with Crippen LogP contribution in [-0.2, 0) is 25.5 Å². The Morgan fingerprint density at radius 1 is 1.23 bits per heavy atom. The van der Waals surface area contributed by atoms with Crippen molar-refractivity contribution in [2.24, 2.45) is 5.92 Å². The van der Waals surface area contributed by atoms with Gasteiger partial charge in [0.05, 0.1) is 41.1 Å². The summed E-state index contributed by atoms with van der Waals surface area (Å²) in [5, 5.41) is 15.8. The average molecular weight is 558 g/mol. The zero-order valence-corrected chi connectivity index (χ0v) is 21.8. The molecule has 2 N–H and O–H groups in total. The minimum absolute atomic E-state index is 0.0409. The van der Waals surface area contributed by atoms with E-state index in [-0.39, 0.29) is 22.3 Å². The van der Waals surface area contributed by atoms with Crippen molar-refractivity contribution >= 4 is 51.2 Å². The molecule has 0 saturated carbocycles. The normalized spacial score (nSPS) is 17.3. The maximum Gasteiger partial charge on any atom is 0.319 e. The van der Waals surface area contributed by atoms with Crippen LogP contribution in [0.2, 0.25) is 0 Å². The van der Waals surface area contributed by atoms with E-state index in [0.717, 1.165) is 29.4 Å². The fourth-order valence-electron chi connectivity index (χ4n) is 3.83. The van der Waals surface area contributed by atoms with Crippen molar-refractivity contribution in [3.05, 3.63) is 68.7 Å². The predicted molar refractivity (Wildman–Crippen MR) is 137 cm³/mol. The van der Waals surface area contributed by atoms with Crippen LogP contribution in [0.1, 0.15) is 24.0 Å². The summed E-state index contributed by atoms with van der Waals surface area (Å²) in [6.07, 6.45) is 0.761. The number of amides is 2. The van der Waals surface area contributed by atoms with Crippen molar-refractivity contribution in [2.75, 3.05) is 25.3 Å². The van der Waals surface area contributed by atoms with Crippen molar-refractivity contribution in [3.63, 3.8) is 0 Å². The third kappa shape index (κ3) is 5.86. The summed E-state index contributed by atoms with van der Waals surface area (Å²) in [5.74, 6) is -3.28. The lowest BCUT2D eigenvalue weighted by Crippen LogP contribution is -2.44. The SMILES string of the molecule is CCc1ccccc1NC(=O)CSC1=C(C#N)[C@H](c2ccc(OC)c(Br)c2)[C@@H](C(=O)OC)C(=O)N1. The van der Waals surface area contributed by atoms with Crippen LogP contribution >= 0.6 is 27.7 Å². The number of benzene rings is 2. The molecule has 0 aromatic heterocycles. The smallest absolute Gasteiger partial charge is 0.319 e. The van der Waals surface area contributed by atoms with Gasteiger partial charge in [-0.2, -0.15) is 5.26 Å². The first kappa shape index (κ1) is 26.3. The van der Waals surface area contributed by atoms with Crippen LogP contribution in [0.15, 0.2) is 57.5 Å². The molecule has 8 nitrogen and oxygen atoms in total. The van der Waals surface area contributed by atoms with Crippen molar-refractivity contribution < 1.29 is 23.9 Å². The Labute approximate surface area is 216 Å². The number of nitriles is 1. The van der Waals surface area contributed by atoms with Gasteiger partial charge in [-0.05, 0) is 51.7 Å². The summed E-state index contributed by atoms with van der Waals surface area (Å²) in [7, 11) is 2.71. The highest BCUT2D eigenvalue weighted by Gasteiger charge is 2.44. The molecule has 1 aliphatic rings. The number of carbonyl (C=O) groups is 3. The number of nitrogens with zero attached hydrogens (tertiary/aromatic N) is 1. The van der Waals surface area contributed by atoms with E-state index in [1.54, 1.807) is 18.2 Å². The summed E-state index contributed by atoms with van der Waals surface area (Å²) in [6.45, 7) is 2.00. The van der Waals surface area contributed by atoms with Gasteiger partial charge in [0.25, 0.3) is 0 Å². The first-order valence-electron chi connectivity index (χ1n) is 10.7. The van der Waals surface area contributed by atoms with Crippen LogP contribution in [0.3, 0.4) is 0 Å². The van der Waals surface area contributed by atoms with E-state index in [1.807, 2.05) is 31.2 Å². The third-order valence-corrected chi connectivity index (χ3v) is 7.18. The van der Waals surface area contributed by atoms with Crippen LogP contribution in [0.25, 0.3) is 0 Å². The lowest BCUT2D eigenvalue weighted by molar-refractivity contribution is -0.150. The van der Waals surface area contributed by atoms with Crippen LogP contribution in [0, 0.1) is 17.2 Å². The monoisotopic (exact) mass is 557 g/mol. The molecule has 2 aromatic carbocycles. The number of allylic oxidation sites excluding steroid dienone is 1. The highest BCUT2D eigenvalue weighted by molar-refractivity contribution is 9.10. The average Bonchev–Trinajstić information content (AvgIpc) is 2.86. The summed E-state index contributed by atoms with van der Waals surface area (Å²) in [6, 6.07) is 14.7. The Hall–Kier alpha value is -3.29. The van der Waals surface area contributed by atoms with E-state index < -0.39 is 23.7 Å². The van der Waals surface area contributed by atoms with Crippen molar-refractivity contribution in [3.8, 4) is 11.8 Å². The zero-order valence-electron chi connectivity index (χ0n) is 19.4. The van der Waals surface area contributed by atoms with Crippen LogP contribution < -0.4 is 15.4 Å². The minimum Gasteiger partial charge on any atom is -0.496 e. The predicted octanol–water partition coefficient (Wildman–Crippen LogP) is 4.13. The summed E-state index contributed by atoms with van der Waals surface area (Å²) >= 11 is 4.45. The van der Waals surface area contributed by atoms with Crippen LogP contribution in [0.5, 0.6) is 5.75 Å². The van der Waals surface area contributed by atoms with E-state index in [2.05, 4.69) is 32.6 Å². The molecule has 0 saturated heterocycles. The molecule has 2 amide bonds. The minimum atomic E-state index is -1.26. The van der Waals surface area contributed by atoms with E-state index in [0.29, 0.717) is 15.8 Å². The first-order valence-corrected chi connectivity index (χ1v) is 12.5. The molecular weight excluding hydrogens is 534 g/mol. The second kappa shape index (κ2) is 11.9. The molecule has 1 heterocycles. The third-order valence-electron chi connectivity index (χ3n) is 5.54. The highest BCUT2D eigenvalue weighted by atomic mass is 79.9. The quantitative estimate of drug-likeness (QED) is 0.370. The lowest BCUT2D eigenvalue weighted by atomic mass is 9.78. The number of ether oxygens (including phenoxy) is 2. The van der Waals surface area contributed by atoms with Gasteiger partial charge in [0.2, 0.25) is 11.8 Å². The summed E-state index contributed by atoms with van der Waals surface area (Å²) in [5.41, 5.74) is 2.44. The molecule has 2 aromatic rings. The van der Waals surface area contributed by atoms with Crippen molar-refractivity contribution in [1.82, 2.24) is 5.32 Å². The van der Waals surface area contributed by atoms with E-state index in [1.165, 1.54) is 14.2 Å². The van der Waals surface area contributed by atoms with Crippen LogP contribution in [-0.4, -0.2) is 37.8 Å². The topological polar surface area (TPSA) is 118 Å². The Morgan fingerprint density at radius 2 is 1.97 bits per heavy atom. The molecule has 182 valence electrons. The van der Waals surface area contributed by atoms with Crippen molar-refractivity contribution in [1.29, 1.82) is 5.26 Å². The number of hydrogen-bond donors (Lipinski definition) is 2. The molecule has 1 aliphatic heterocycles. The Morgan fingerprint density at radius 3 is 2.60 bits per heavy atom. The van der Waals surface area contributed by atoms with Gasteiger partial charge in [0.1, 0.15) is 11.7 Å². The maximum absolute atomic E-state index is 13.0. The Balaban J connectivity index is 1.93. The van der Waals surface area contributed by atoms with E-state index >= 15 is 0 Å². The molecule has 0 bridgehead atoms. The van der Waals surface area contributed by atoms with E-state index in [9.17, 15) is 19.6 Å².